The van der Waals surface area contributed by atoms with E-state index in [1.807, 2.05) is 7.11 Å². The summed E-state index contributed by atoms with van der Waals surface area (Å²) in [6, 6.07) is 12.5. The Bertz CT molecular complexity index is 397. The highest BCUT2D eigenvalue weighted by Gasteiger charge is 2.28. The highest BCUT2D eigenvalue weighted by Crippen LogP contribution is 2.33. The molecule has 0 amide bonds. The van der Waals surface area contributed by atoms with Crippen molar-refractivity contribution < 1.29 is 4.74 Å². The number of ether oxygens (including phenoxy) is 1. The molecule has 110 valence electrons. The van der Waals surface area contributed by atoms with Crippen molar-refractivity contribution in [2.45, 2.75) is 69.1 Å². The van der Waals surface area contributed by atoms with Crippen molar-refractivity contribution in [3.05, 3.63) is 35.9 Å². The molecule has 3 rings (SSSR count). The largest absolute Gasteiger partial charge is 0.381 e. The lowest BCUT2D eigenvalue weighted by Gasteiger charge is -2.31. The Kier molecular flexibility index (Phi) is 4.74. The third kappa shape index (κ3) is 3.42. The van der Waals surface area contributed by atoms with Gasteiger partial charge in [0.1, 0.15) is 0 Å². The molecule has 2 aliphatic carbocycles. The number of methoxy groups -OCH3 is 1. The van der Waals surface area contributed by atoms with E-state index in [0.29, 0.717) is 12.1 Å². The molecule has 2 saturated carbocycles. The van der Waals surface area contributed by atoms with Crippen molar-refractivity contribution in [2.75, 3.05) is 7.11 Å². The van der Waals surface area contributed by atoms with Crippen molar-refractivity contribution in [1.29, 1.82) is 0 Å². The van der Waals surface area contributed by atoms with E-state index in [4.69, 9.17) is 4.74 Å². The number of hydrogen-bond donors (Lipinski definition) is 1. The molecule has 0 aliphatic heterocycles. The molecule has 0 saturated heterocycles. The SMILES string of the molecule is COC1CCC(NC2CCC(c3ccccc3)CC2)C1. The fraction of sp³-hybridized carbons (Fsp3) is 0.667. The van der Waals surface area contributed by atoms with Gasteiger partial charge < -0.3 is 10.1 Å². The molecule has 2 atom stereocenters. The fourth-order valence-corrected chi connectivity index (χ4v) is 3.96. The first-order chi connectivity index (χ1) is 9.85. The van der Waals surface area contributed by atoms with E-state index in [2.05, 4.69) is 35.6 Å². The average Bonchev–Trinajstić information content (AvgIpc) is 2.97. The molecule has 1 N–H and O–H groups in total. The van der Waals surface area contributed by atoms with Crippen molar-refractivity contribution in [3.63, 3.8) is 0 Å². The number of benzene rings is 1. The van der Waals surface area contributed by atoms with Gasteiger partial charge in [0.05, 0.1) is 6.10 Å². The Balaban J connectivity index is 1.45. The Labute approximate surface area is 122 Å². The van der Waals surface area contributed by atoms with Crippen LogP contribution < -0.4 is 5.32 Å². The maximum atomic E-state index is 5.47. The Hall–Kier alpha value is -0.860. The van der Waals surface area contributed by atoms with Crippen LogP contribution >= 0.6 is 0 Å². The summed E-state index contributed by atoms with van der Waals surface area (Å²) in [6.45, 7) is 0. The summed E-state index contributed by atoms with van der Waals surface area (Å²) in [5.41, 5.74) is 1.53. The van der Waals surface area contributed by atoms with Crippen LogP contribution in [-0.4, -0.2) is 25.3 Å². The van der Waals surface area contributed by atoms with Gasteiger partial charge in [-0.25, -0.2) is 0 Å². The first-order valence-electron chi connectivity index (χ1n) is 8.19. The molecule has 0 spiro atoms. The zero-order chi connectivity index (χ0) is 13.8. The molecule has 0 heterocycles. The van der Waals surface area contributed by atoms with Crippen LogP contribution in [0.5, 0.6) is 0 Å². The van der Waals surface area contributed by atoms with Crippen LogP contribution in [0.1, 0.15) is 56.4 Å². The van der Waals surface area contributed by atoms with Crippen LogP contribution in [-0.2, 0) is 4.74 Å². The molecular formula is C18H27NO. The molecule has 2 aliphatic rings. The molecule has 2 nitrogen and oxygen atoms in total. The van der Waals surface area contributed by atoms with Crippen molar-refractivity contribution in [3.8, 4) is 0 Å². The van der Waals surface area contributed by atoms with E-state index in [0.717, 1.165) is 12.0 Å². The van der Waals surface area contributed by atoms with Gasteiger partial charge in [-0.15, -0.1) is 0 Å². The van der Waals surface area contributed by atoms with Gasteiger partial charge in [-0.05, 0) is 56.4 Å². The Morgan fingerprint density at radius 1 is 0.900 bits per heavy atom. The van der Waals surface area contributed by atoms with E-state index >= 15 is 0 Å². The molecule has 2 fully saturated rings. The summed E-state index contributed by atoms with van der Waals surface area (Å²) < 4.78 is 5.47. The topological polar surface area (TPSA) is 21.3 Å². The minimum atomic E-state index is 0.494. The predicted molar refractivity (Wildman–Crippen MR) is 83.0 cm³/mol. The summed E-state index contributed by atoms with van der Waals surface area (Å²) >= 11 is 0. The van der Waals surface area contributed by atoms with Gasteiger partial charge >= 0.3 is 0 Å². The lowest BCUT2D eigenvalue weighted by atomic mass is 9.81. The second kappa shape index (κ2) is 6.73. The van der Waals surface area contributed by atoms with Crippen LogP contribution in [0.15, 0.2) is 30.3 Å². The molecule has 20 heavy (non-hydrogen) atoms. The normalized spacial score (nSPS) is 34.2. The van der Waals surface area contributed by atoms with Crippen LogP contribution in [0, 0.1) is 0 Å². The van der Waals surface area contributed by atoms with Gasteiger partial charge in [0.25, 0.3) is 0 Å². The van der Waals surface area contributed by atoms with Crippen molar-refractivity contribution >= 4 is 0 Å². The molecule has 0 aromatic heterocycles. The maximum absolute atomic E-state index is 5.47. The van der Waals surface area contributed by atoms with Crippen LogP contribution in [0.4, 0.5) is 0 Å². The fourth-order valence-electron chi connectivity index (χ4n) is 3.96. The predicted octanol–water partition coefficient (Wildman–Crippen LogP) is 3.87. The first-order valence-corrected chi connectivity index (χ1v) is 8.19. The molecule has 0 radical (unpaired) electrons. The molecule has 2 heteroatoms. The zero-order valence-electron chi connectivity index (χ0n) is 12.6. The number of rotatable bonds is 4. The smallest absolute Gasteiger partial charge is 0.0586 e. The van der Waals surface area contributed by atoms with E-state index < -0.39 is 0 Å². The van der Waals surface area contributed by atoms with Gasteiger partial charge in [-0.2, -0.15) is 0 Å². The number of hydrogen-bond acceptors (Lipinski definition) is 2. The molecular weight excluding hydrogens is 246 g/mol. The van der Waals surface area contributed by atoms with E-state index in [1.54, 1.807) is 0 Å². The summed E-state index contributed by atoms with van der Waals surface area (Å²) in [7, 11) is 1.85. The zero-order valence-corrected chi connectivity index (χ0v) is 12.6. The minimum absolute atomic E-state index is 0.494. The maximum Gasteiger partial charge on any atom is 0.0586 e. The molecule has 0 bridgehead atoms. The van der Waals surface area contributed by atoms with Gasteiger partial charge in [0.2, 0.25) is 0 Å². The third-order valence-electron chi connectivity index (χ3n) is 5.19. The van der Waals surface area contributed by atoms with Crippen LogP contribution in [0.2, 0.25) is 0 Å². The number of nitrogens with one attached hydrogen (secondary N) is 1. The summed E-state index contributed by atoms with van der Waals surface area (Å²) in [5, 5.41) is 3.87. The standard InChI is InChI=1S/C18H27NO/c1-20-18-12-11-17(13-18)19-16-9-7-15(8-10-16)14-5-3-2-4-6-14/h2-6,15-19H,7-13H2,1H3. The molecule has 2 unspecified atom stereocenters. The quantitative estimate of drug-likeness (QED) is 0.899. The highest BCUT2D eigenvalue weighted by molar-refractivity contribution is 5.20. The van der Waals surface area contributed by atoms with Crippen LogP contribution in [0.3, 0.4) is 0 Å². The van der Waals surface area contributed by atoms with E-state index in [-0.39, 0.29) is 0 Å². The second-order valence-electron chi connectivity index (χ2n) is 6.49. The highest BCUT2D eigenvalue weighted by atomic mass is 16.5. The third-order valence-corrected chi connectivity index (χ3v) is 5.19. The summed E-state index contributed by atoms with van der Waals surface area (Å²) in [4.78, 5) is 0. The lowest BCUT2D eigenvalue weighted by Crippen LogP contribution is -2.39. The minimum Gasteiger partial charge on any atom is -0.381 e. The van der Waals surface area contributed by atoms with Gasteiger partial charge in [0.15, 0.2) is 0 Å². The Morgan fingerprint density at radius 3 is 2.25 bits per heavy atom. The van der Waals surface area contributed by atoms with Gasteiger partial charge in [-0.1, -0.05) is 30.3 Å². The Morgan fingerprint density at radius 2 is 1.60 bits per heavy atom. The second-order valence-corrected chi connectivity index (χ2v) is 6.49. The van der Waals surface area contributed by atoms with Crippen LogP contribution in [0.25, 0.3) is 0 Å². The van der Waals surface area contributed by atoms with E-state index in [1.165, 1.54) is 50.5 Å². The van der Waals surface area contributed by atoms with E-state index in [9.17, 15) is 0 Å². The summed E-state index contributed by atoms with van der Waals surface area (Å²) in [5.74, 6) is 0.782. The molecule has 1 aromatic carbocycles. The monoisotopic (exact) mass is 273 g/mol. The van der Waals surface area contributed by atoms with Crippen molar-refractivity contribution in [1.82, 2.24) is 5.32 Å². The summed E-state index contributed by atoms with van der Waals surface area (Å²) in [6.07, 6.45) is 9.54. The van der Waals surface area contributed by atoms with Crippen molar-refractivity contribution in [2.24, 2.45) is 0 Å². The first kappa shape index (κ1) is 14.1. The average molecular weight is 273 g/mol. The molecule has 1 aromatic rings. The van der Waals surface area contributed by atoms with Gasteiger partial charge in [-0.3, -0.25) is 0 Å². The van der Waals surface area contributed by atoms with Gasteiger partial charge in [0, 0.05) is 19.2 Å². The lowest BCUT2D eigenvalue weighted by molar-refractivity contribution is 0.106.